The highest BCUT2D eigenvalue weighted by Crippen LogP contribution is 2.24. The van der Waals surface area contributed by atoms with Crippen molar-refractivity contribution in [1.82, 2.24) is 19.7 Å². The Balaban J connectivity index is 1.63. The van der Waals surface area contributed by atoms with Gasteiger partial charge >= 0.3 is 0 Å². The zero-order valence-corrected chi connectivity index (χ0v) is 15.9. The molecule has 2 heterocycles. The summed E-state index contributed by atoms with van der Waals surface area (Å²) in [6.45, 7) is 3.75. The minimum absolute atomic E-state index is 0.0908. The summed E-state index contributed by atoms with van der Waals surface area (Å²) in [5, 5.41) is 14.3. The van der Waals surface area contributed by atoms with Gasteiger partial charge in [0.05, 0.1) is 10.9 Å². The molecule has 1 N–H and O–H groups in total. The van der Waals surface area contributed by atoms with Gasteiger partial charge in [0.1, 0.15) is 5.82 Å². The van der Waals surface area contributed by atoms with E-state index in [-0.39, 0.29) is 11.2 Å². The summed E-state index contributed by atoms with van der Waals surface area (Å²) in [6, 6.07) is 10.1. The van der Waals surface area contributed by atoms with E-state index in [0.717, 1.165) is 16.7 Å². The zero-order valence-electron chi connectivity index (χ0n) is 14.3. The van der Waals surface area contributed by atoms with Crippen molar-refractivity contribution in [2.75, 3.05) is 5.32 Å². The van der Waals surface area contributed by atoms with Crippen LogP contribution in [0.25, 0.3) is 0 Å². The standard InChI is InChI=1S/C17H19N5OS2/c1-11-10-24-16(18-11)19-15(23)12(2)25-17-21-20-14(22(17)3)9-13-7-5-4-6-8-13/h4-8,10,12H,9H2,1-3H3,(H,18,19,23)/t12-/m0/s1. The van der Waals surface area contributed by atoms with Gasteiger partial charge in [0, 0.05) is 18.8 Å². The number of carbonyl (C=O) groups excluding carboxylic acids is 1. The molecule has 6 nitrogen and oxygen atoms in total. The second kappa shape index (κ2) is 7.79. The maximum absolute atomic E-state index is 12.3. The highest BCUT2D eigenvalue weighted by atomic mass is 32.2. The minimum atomic E-state index is -0.295. The van der Waals surface area contributed by atoms with Gasteiger partial charge in [-0.3, -0.25) is 4.79 Å². The zero-order chi connectivity index (χ0) is 17.8. The van der Waals surface area contributed by atoms with Gasteiger partial charge in [-0.05, 0) is 19.4 Å². The molecule has 0 aliphatic rings. The lowest BCUT2D eigenvalue weighted by Gasteiger charge is -2.10. The average Bonchev–Trinajstić information content (AvgIpc) is 3.16. The Kier molecular flexibility index (Phi) is 5.50. The second-order valence-corrected chi connectivity index (χ2v) is 7.83. The summed E-state index contributed by atoms with van der Waals surface area (Å²) in [5.74, 6) is 0.781. The maximum atomic E-state index is 12.3. The molecular formula is C17H19N5OS2. The lowest BCUT2D eigenvalue weighted by Crippen LogP contribution is -2.22. The third-order valence-electron chi connectivity index (χ3n) is 3.63. The van der Waals surface area contributed by atoms with Gasteiger partial charge in [-0.25, -0.2) is 4.98 Å². The van der Waals surface area contributed by atoms with E-state index < -0.39 is 0 Å². The molecule has 0 bridgehead atoms. The first-order valence-electron chi connectivity index (χ1n) is 7.85. The fraction of sp³-hybridized carbons (Fsp3) is 0.294. The third kappa shape index (κ3) is 4.46. The summed E-state index contributed by atoms with van der Waals surface area (Å²) in [7, 11) is 1.93. The van der Waals surface area contributed by atoms with Gasteiger partial charge in [0.25, 0.3) is 0 Å². The molecule has 3 rings (SSSR count). The summed E-state index contributed by atoms with van der Waals surface area (Å²) >= 11 is 2.81. The Labute approximate surface area is 154 Å². The fourth-order valence-corrected chi connectivity index (χ4v) is 3.73. The number of thiazole rings is 1. The predicted octanol–water partition coefficient (Wildman–Crippen LogP) is 3.29. The van der Waals surface area contributed by atoms with E-state index in [1.54, 1.807) is 0 Å². The summed E-state index contributed by atoms with van der Waals surface area (Å²) in [5.41, 5.74) is 2.08. The molecule has 25 heavy (non-hydrogen) atoms. The van der Waals surface area contributed by atoms with Gasteiger partial charge < -0.3 is 9.88 Å². The molecule has 0 unspecified atom stereocenters. The number of thioether (sulfide) groups is 1. The Hall–Kier alpha value is -2.19. The third-order valence-corrected chi connectivity index (χ3v) is 5.64. The highest BCUT2D eigenvalue weighted by molar-refractivity contribution is 8.00. The Bertz CT molecular complexity index is 859. The van der Waals surface area contributed by atoms with Crippen molar-refractivity contribution in [1.29, 1.82) is 0 Å². The van der Waals surface area contributed by atoms with Gasteiger partial charge in [-0.2, -0.15) is 0 Å². The molecule has 0 saturated heterocycles. The van der Waals surface area contributed by atoms with E-state index in [2.05, 4.69) is 32.6 Å². The lowest BCUT2D eigenvalue weighted by atomic mass is 10.1. The number of carbonyl (C=O) groups is 1. The molecule has 1 aromatic carbocycles. The van der Waals surface area contributed by atoms with Crippen molar-refractivity contribution in [3.63, 3.8) is 0 Å². The molecular weight excluding hydrogens is 354 g/mol. The van der Waals surface area contributed by atoms with Crippen LogP contribution in [0.2, 0.25) is 0 Å². The molecule has 130 valence electrons. The summed E-state index contributed by atoms with van der Waals surface area (Å²) < 4.78 is 1.94. The van der Waals surface area contributed by atoms with E-state index >= 15 is 0 Å². The van der Waals surface area contributed by atoms with Crippen molar-refractivity contribution in [2.45, 2.75) is 30.7 Å². The van der Waals surface area contributed by atoms with Crippen LogP contribution < -0.4 is 5.32 Å². The van der Waals surface area contributed by atoms with Crippen molar-refractivity contribution in [2.24, 2.45) is 7.05 Å². The van der Waals surface area contributed by atoms with Crippen molar-refractivity contribution < 1.29 is 4.79 Å². The SMILES string of the molecule is Cc1csc(NC(=O)[C@H](C)Sc2nnc(Cc3ccccc3)n2C)n1. The predicted molar refractivity (Wildman–Crippen MR) is 101 cm³/mol. The molecule has 0 radical (unpaired) electrons. The molecule has 1 atom stereocenters. The number of nitrogens with one attached hydrogen (secondary N) is 1. The largest absolute Gasteiger partial charge is 0.309 e. The van der Waals surface area contributed by atoms with E-state index in [4.69, 9.17) is 0 Å². The van der Waals surface area contributed by atoms with Gasteiger partial charge in [0.15, 0.2) is 10.3 Å². The number of aryl methyl sites for hydroxylation is 1. The second-order valence-electron chi connectivity index (χ2n) is 5.66. The number of amides is 1. The van der Waals surface area contributed by atoms with E-state index in [9.17, 15) is 4.79 Å². The lowest BCUT2D eigenvalue weighted by molar-refractivity contribution is -0.115. The van der Waals surface area contributed by atoms with Gasteiger partial charge in [0.2, 0.25) is 5.91 Å². The minimum Gasteiger partial charge on any atom is -0.309 e. The maximum Gasteiger partial charge on any atom is 0.239 e. The molecule has 0 saturated carbocycles. The molecule has 2 aromatic heterocycles. The quantitative estimate of drug-likeness (QED) is 0.671. The van der Waals surface area contributed by atoms with Crippen LogP contribution in [0.1, 0.15) is 24.0 Å². The smallest absolute Gasteiger partial charge is 0.239 e. The first-order valence-corrected chi connectivity index (χ1v) is 9.60. The van der Waals surface area contributed by atoms with Crippen LogP contribution in [0.3, 0.4) is 0 Å². The van der Waals surface area contributed by atoms with Crippen LogP contribution in [0, 0.1) is 6.92 Å². The summed E-state index contributed by atoms with van der Waals surface area (Å²) in [6.07, 6.45) is 0.712. The number of rotatable bonds is 6. The number of hydrogen-bond acceptors (Lipinski definition) is 6. The molecule has 3 aromatic rings. The molecule has 8 heteroatoms. The average molecular weight is 374 g/mol. The molecule has 0 fully saturated rings. The highest BCUT2D eigenvalue weighted by Gasteiger charge is 2.19. The number of nitrogens with zero attached hydrogens (tertiary/aromatic N) is 4. The number of aromatic nitrogens is 4. The molecule has 0 aliphatic heterocycles. The first-order chi connectivity index (χ1) is 12.0. The Morgan fingerprint density at radius 1 is 1.32 bits per heavy atom. The van der Waals surface area contributed by atoms with Crippen LogP contribution in [-0.2, 0) is 18.3 Å². The Morgan fingerprint density at radius 2 is 2.08 bits per heavy atom. The van der Waals surface area contributed by atoms with E-state index in [1.165, 1.54) is 28.7 Å². The van der Waals surface area contributed by atoms with E-state index in [1.807, 2.05) is 49.0 Å². The molecule has 1 amide bonds. The van der Waals surface area contributed by atoms with Crippen LogP contribution in [0.4, 0.5) is 5.13 Å². The fourth-order valence-electron chi connectivity index (χ4n) is 2.21. The van der Waals surface area contributed by atoms with Gasteiger partial charge in [-0.1, -0.05) is 42.1 Å². The van der Waals surface area contributed by atoms with E-state index in [0.29, 0.717) is 11.6 Å². The summed E-state index contributed by atoms with van der Waals surface area (Å²) in [4.78, 5) is 16.6. The van der Waals surface area contributed by atoms with Crippen molar-refractivity contribution in [3.8, 4) is 0 Å². The number of benzene rings is 1. The van der Waals surface area contributed by atoms with Crippen molar-refractivity contribution >= 4 is 34.1 Å². The topological polar surface area (TPSA) is 72.7 Å². The first kappa shape index (κ1) is 17.6. The van der Waals surface area contributed by atoms with Crippen LogP contribution in [0.15, 0.2) is 40.9 Å². The van der Waals surface area contributed by atoms with Gasteiger partial charge in [-0.15, -0.1) is 21.5 Å². The van der Waals surface area contributed by atoms with Crippen LogP contribution >= 0.6 is 23.1 Å². The molecule has 0 spiro atoms. The van der Waals surface area contributed by atoms with Crippen LogP contribution in [0.5, 0.6) is 0 Å². The Morgan fingerprint density at radius 3 is 2.76 bits per heavy atom. The molecule has 0 aliphatic carbocycles. The number of anilines is 1. The monoisotopic (exact) mass is 373 g/mol. The number of hydrogen-bond donors (Lipinski definition) is 1. The van der Waals surface area contributed by atoms with Crippen molar-refractivity contribution in [3.05, 3.63) is 52.8 Å². The normalized spacial score (nSPS) is 12.1. The van der Waals surface area contributed by atoms with Crippen LogP contribution in [-0.4, -0.2) is 30.9 Å².